The molecule has 0 atom stereocenters. The van der Waals surface area contributed by atoms with Crippen LogP contribution in [0.4, 0.5) is 0 Å². The van der Waals surface area contributed by atoms with E-state index < -0.39 is 0 Å². The highest BCUT2D eigenvalue weighted by atomic mass is 16.5. The van der Waals surface area contributed by atoms with Crippen LogP contribution in [-0.4, -0.2) is 24.2 Å². The fraction of sp³-hybridized carbons (Fsp3) is 0.583. The maximum absolute atomic E-state index is 11.0. The predicted molar refractivity (Wildman–Crippen MR) is 63.1 cm³/mol. The fourth-order valence-corrected chi connectivity index (χ4v) is 1.54. The molecule has 90 valence electrons. The van der Waals surface area contributed by atoms with Gasteiger partial charge in [-0.25, -0.2) is 0 Å². The molecule has 0 aliphatic heterocycles. The van der Waals surface area contributed by atoms with Crippen molar-refractivity contribution in [1.82, 2.24) is 9.88 Å². The van der Waals surface area contributed by atoms with Crippen LogP contribution in [-0.2, 0) is 22.6 Å². The van der Waals surface area contributed by atoms with Crippen molar-refractivity contribution in [3.8, 4) is 0 Å². The average Bonchev–Trinajstić information content (AvgIpc) is 2.74. The second-order valence-electron chi connectivity index (χ2n) is 3.70. The van der Waals surface area contributed by atoms with Crippen molar-refractivity contribution in [3.63, 3.8) is 0 Å². The summed E-state index contributed by atoms with van der Waals surface area (Å²) in [4.78, 5) is 11.0. The molecule has 0 radical (unpaired) electrons. The van der Waals surface area contributed by atoms with Crippen LogP contribution in [0.5, 0.6) is 0 Å². The van der Waals surface area contributed by atoms with Gasteiger partial charge in [-0.05, 0) is 25.1 Å². The fourth-order valence-electron chi connectivity index (χ4n) is 1.54. The van der Waals surface area contributed by atoms with Crippen LogP contribution in [0.1, 0.15) is 25.5 Å². The van der Waals surface area contributed by atoms with Crippen molar-refractivity contribution >= 4 is 5.97 Å². The normalized spacial score (nSPS) is 10.4. The largest absolute Gasteiger partial charge is 0.469 e. The first-order chi connectivity index (χ1) is 7.77. The Hall–Kier alpha value is -1.29. The summed E-state index contributed by atoms with van der Waals surface area (Å²) in [6.45, 7) is 4.69. The van der Waals surface area contributed by atoms with E-state index >= 15 is 0 Å². The Kier molecular flexibility index (Phi) is 5.64. The number of rotatable bonds is 7. The molecule has 0 aliphatic rings. The SMILES string of the molecule is CCCNCc1cccn1CCC(=O)OC. The van der Waals surface area contributed by atoms with E-state index in [0.717, 1.165) is 19.5 Å². The van der Waals surface area contributed by atoms with Gasteiger partial charge in [0, 0.05) is 25.0 Å². The topological polar surface area (TPSA) is 43.3 Å². The second kappa shape index (κ2) is 7.06. The van der Waals surface area contributed by atoms with Gasteiger partial charge in [-0.3, -0.25) is 4.79 Å². The van der Waals surface area contributed by atoms with Gasteiger partial charge in [0.1, 0.15) is 0 Å². The van der Waals surface area contributed by atoms with Crippen molar-refractivity contribution in [3.05, 3.63) is 24.0 Å². The molecule has 0 fully saturated rings. The summed E-state index contributed by atoms with van der Waals surface area (Å²) < 4.78 is 6.70. The first kappa shape index (κ1) is 12.8. The maximum Gasteiger partial charge on any atom is 0.307 e. The van der Waals surface area contributed by atoms with Gasteiger partial charge in [0.25, 0.3) is 0 Å². The Morgan fingerprint density at radius 1 is 1.56 bits per heavy atom. The first-order valence-corrected chi connectivity index (χ1v) is 5.69. The van der Waals surface area contributed by atoms with E-state index in [4.69, 9.17) is 0 Å². The molecule has 1 heterocycles. The number of carbonyl (C=O) groups excluding carboxylic acids is 1. The summed E-state index contributed by atoms with van der Waals surface area (Å²) in [5.41, 5.74) is 1.21. The molecule has 0 aliphatic carbocycles. The van der Waals surface area contributed by atoms with Crippen LogP contribution < -0.4 is 5.32 Å². The Morgan fingerprint density at radius 2 is 2.38 bits per heavy atom. The maximum atomic E-state index is 11.0. The highest BCUT2D eigenvalue weighted by Gasteiger charge is 2.04. The molecule has 0 spiro atoms. The summed E-state index contributed by atoms with van der Waals surface area (Å²) >= 11 is 0. The van der Waals surface area contributed by atoms with Gasteiger partial charge in [0.2, 0.25) is 0 Å². The van der Waals surface area contributed by atoms with Gasteiger partial charge in [-0.1, -0.05) is 6.92 Å². The number of esters is 1. The van der Waals surface area contributed by atoms with Gasteiger partial charge in [0.15, 0.2) is 0 Å². The average molecular weight is 224 g/mol. The van der Waals surface area contributed by atoms with E-state index in [2.05, 4.69) is 27.6 Å². The molecule has 0 bridgehead atoms. The summed E-state index contributed by atoms with van der Waals surface area (Å²) in [5, 5.41) is 3.34. The van der Waals surface area contributed by atoms with Crippen LogP contribution in [0.2, 0.25) is 0 Å². The smallest absolute Gasteiger partial charge is 0.307 e. The highest BCUT2D eigenvalue weighted by molar-refractivity contribution is 5.68. The van der Waals surface area contributed by atoms with Crippen LogP contribution >= 0.6 is 0 Å². The van der Waals surface area contributed by atoms with Gasteiger partial charge in [0.05, 0.1) is 13.5 Å². The number of nitrogens with one attached hydrogen (secondary N) is 1. The highest BCUT2D eigenvalue weighted by Crippen LogP contribution is 2.03. The van der Waals surface area contributed by atoms with Crippen molar-refractivity contribution < 1.29 is 9.53 Å². The number of aryl methyl sites for hydroxylation is 1. The molecule has 4 nitrogen and oxygen atoms in total. The molecule has 0 unspecified atom stereocenters. The molecule has 0 amide bonds. The minimum atomic E-state index is -0.166. The summed E-state index contributed by atoms with van der Waals surface area (Å²) in [6.07, 6.45) is 3.54. The number of carbonyl (C=O) groups is 1. The minimum absolute atomic E-state index is 0.166. The first-order valence-electron chi connectivity index (χ1n) is 5.69. The number of aromatic nitrogens is 1. The molecule has 0 aromatic carbocycles. The third-order valence-electron chi connectivity index (χ3n) is 2.44. The van der Waals surface area contributed by atoms with Crippen LogP contribution in [0, 0.1) is 0 Å². The van der Waals surface area contributed by atoms with Crippen molar-refractivity contribution in [2.75, 3.05) is 13.7 Å². The second-order valence-corrected chi connectivity index (χ2v) is 3.70. The zero-order chi connectivity index (χ0) is 11.8. The van der Waals surface area contributed by atoms with E-state index in [9.17, 15) is 4.79 Å². The summed E-state index contributed by atoms with van der Waals surface area (Å²) in [6, 6.07) is 4.07. The Labute approximate surface area is 96.6 Å². The quantitative estimate of drug-likeness (QED) is 0.564. The number of ether oxygens (including phenoxy) is 1. The number of methoxy groups -OCH3 is 1. The predicted octanol–water partition coefficient (Wildman–Crippen LogP) is 1.55. The van der Waals surface area contributed by atoms with Crippen molar-refractivity contribution in [2.24, 2.45) is 0 Å². The molecule has 1 rings (SSSR count). The Balaban J connectivity index is 2.40. The van der Waals surface area contributed by atoms with E-state index in [0.29, 0.717) is 13.0 Å². The lowest BCUT2D eigenvalue weighted by molar-refractivity contribution is -0.140. The van der Waals surface area contributed by atoms with Crippen LogP contribution in [0.15, 0.2) is 18.3 Å². The summed E-state index contributed by atoms with van der Waals surface area (Å²) in [7, 11) is 1.42. The zero-order valence-electron chi connectivity index (χ0n) is 10.0. The lowest BCUT2D eigenvalue weighted by Crippen LogP contribution is -2.17. The zero-order valence-corrected chi connectivity index (χ0v) is 10.0. The molecule has 1 aromatic heterocycles. The third kappa shape index (κ3) is 4.06. The minimum Gasteiger partial charge on any atom is -0.469 e. The van der Waals surface area contributed by atoms with E-state index in [1.165, 1.54) is 12.8 Å². The molecular weight excluding hydrogens is 204 g/mol. The lowest BCUT2D eigenvalue weighted by atomic mass is 10.3. The van der Waals surface area contributed by atoms with E-state index in [1.807, 2.05) is 12.3 Å². The van der Waals surface area contributed by atoms with Crippen molar-refractivity contribution in [2.45, 2.75) is 32.9 Å². The van der Waals surface area contributed by atoms with E-state index in [1.54, 1.807) is 0 Å². The molecule has 0 saturated carbocycles. The van der Waals surface area contributed by atoms with Gasteiger partial charge in [-0.15, -0.1) is 0 Å². The monoisotopic (exact) mass is 224 g/mol. The third-order valence-corrected chi connectivity index (χ3v) is 2.44. The number of hydrogen-bond donors (Lipinski definition) is 1. The van der Waals surface area contributed by atoms with Crippen LogP contribution in [0.3, 0.4) is 0 Å². The molecule has 1 aromatic rings. The standard InChI is InChI=1S/C12H20N2O2/c1-3-7-13-10-11-5-4-8-14(11)9-6-12(15)16-2/h4-5,8,13H,3,6-7,9-10H2,1-2H3. The molecule has 16 heavy (non-hydrogen) atoms. The molecular formula is C12H20N2O2. The Morgan fingerprint density at radius 3 is 3.06 bits per heavy atom. The van der Waals surface area contributed by atoms with Gasteiger partial charge in [-0.2, -0.15) is 0 Å². The van der Waals surface area contributed by atoms with Gasteiger partial charge < -0.3 is 14.6 Å². The Bertz CT molecular complexity index is 321. The lowest BCUT2D eigenvalue weighted by Gasteiger charge is -2.09. The number of nitrogens with zero attached hydrogens (tertiary/aromatic N) is 1. The molecule has 4 heteroatoms. The number of hydrogen-bond acceptors (Lipinski definition) is 3. The molecule has 0 saturated heterocycles. The van der Waals surface area contributed by atoms with Gasteiger partial charge >= 0.3 is 5.97 Å². The molecule has 1 N–H and O–H groups in total. The van der Waals surface area contributed by atoms with E-state index in [-0.39, 0.29) is 5.97 Å². The summed E-state index contributed by atoms with van der Waals surface area (Å²) in [5.74, 6) is -0.166. The van der Waals surface area contributed by atoms with Crippen molar-refractivity contribution in [1.29, 1.82) is 0 Å². The van der Waals surface area contributed by atoms with Crippen LogP contribution in [0.25, 0.3) is 0 Å².